The number of carbonyl (C=O) groups is 3. The lowest BCUT2D eigenvalue weighted by atomic mass is 9.88. The maximum absolute atomic E-state index is 12.1. The van der Waals surface area contributed by atoms with Gasteiger partial charge in [-0.2, -0.15) is 0 Å². The van der Waals surface area contributed by atoms with Crippen LogP contribution in [-0.4, -0.2) is 28.8 Å². The molecule has 16 heavy (non-hydrogen) atoms. The van der Waals surface area contributed by atoms with Crippen LogP contribution in [0.25, 0.3) is 0 Å². The largest absolute Gasteiger partial charge is 0.331 e. The van der Waals surface area contributed by atoms with Gasteiger partial charge in [0, 0.05) is 6.04 Å². The Bertz CT molecular complexity index is 398. The number of barbiturate groups is 1. The number of imide groups is 2. The van der Waals surface area contributed by atoms with E-state index in [1.165, 1.54) is 4.90 Å². The third-order valence-electron chi connectivity index (χ3n) is 3.53. The molecule has 1 atom stereocenters. The minimum Gasteiger partial charge on any atom is -0.277 e. The fourth-order valence-corrected chi connectivity index (χ4v) is 1.97. The highest BCUT2D eigenvalue weighted by molar-refractivity contribution is 6.18. The number of hydrogen-bond acceptors (Lipinski definition) is 3. The molecule has 0 aromatic heterocycles. The monoisotopic (exact) mass is 224 g/mol. The molecule has 2 rings (SSSR count). The van der Waals surface area contributed by atoms with Gasteiger partial charge in [-0.25, -0.2) is 4.79 Å². The predicted octanol–water partition coefficient (Wildman–Crippen LogP) is 0.889. The highest BCUT2D eigenvalue weighted by Gasteiger charge is 2.58. The summed E-state index contributed by atoms with van der Waals surface area (Å²) in [7, 11) is 0. The van der Waals surface area contributed by atoms with Gasteiger partial charge in [-0.05, 0) is 25.7 Å². The van der Waals surface area contributed by atoms with E-state index in [0.717, 1.165) is 6.42 Å². The van der Waals surface area contributed by atoms with Crippen molar-refractivity contribution in [2.24, 2.45) is 10.8 Å². The Morgan fingerprint density at radius 3 is 2.12 bits per heavy atom. The molecule has 1 saturated carbocycles. The van der Waals surface area contributed by atoms with Crippen LogP contribution in [0.3, 0.4) is 0 Å². The molecule has 5 heteroatoms. The molecular formula is C11H16N2O3. The molecule has 0 aromatic carbocycles. The molecule has 1 unspecified atom stereocenters. The number of hydrogen-bond donors (Lipinski definition) is 1. The SMILES string of the molecule is CC1(C)C(=O)NC(=O)N(C2CC2(C)C)C1=O. The fourth-order valence-electron chi connectivity index (χ4n) is 1.97. The molecule has 1 heterocycles. The molecule has 88 valence electrons. The van der Waals surface area contributed by atoms with Crippen molar-refractivity contribution in [2.45, 2.75) is 40.2 Å². The summed E-state index contributed by atoms with van der Waals surface area (Å²) in [5.74, 6) is -0.908. The average Bonchev–Trinajstić information content (AvgIpc) is 2.72. The second kappa shape index (κ2) is 2.84. The summed E-state index contributed by atoms with van der Waals surface area (Å²) in [6.07, 6.45) is 0.802. The van der Waals surface area contributed by atoms with Crippen molar-refractivity contribution in [3.63, 3.8) is 0 Å². The van der Waals surface area contributed by atoms with Crippen molar-refractivity contribution in [3.8, 4) is 0 Å². The number of carbonyl (C=O) groups excluding carboxylic acids is 3. The van der Waals surface area contributed by atoms with E-state index in [-0.39, 0.29) is 11.5 Å². The van der Waals surface area contributed by atoms with Crippen LogP contribution in [0.2, 0.25) is 0 Å². The molecular weight excluding hydrogens is 208 g/mol. The number of amides is 4. The van der Waals surface area contributed by atoms with E-state index in [4.69, 9.17) is 0 Å². The molecule has 4 amide bonds. The third kappa shape index (κ3) is 1.34. The van der Waals surface area contributed by atoms with E-state index in [9.17, 15) is 14.4 Å². The van der Waals surface area contributed by atoms with Crippen LogP contribution in [0.4, 0.5) is 4.79 Å². The lowest BCUT2D eigenvalue weighted by Gasteiger charge is -2.35. The van der Waals surface area contributed by atoms with Crippen LogP contribution in [0, 0.1) is 10.8 Å². The second-order valence-corrected chi connectivity index (χ2v) is 5.77. The molecule has 2 aliphatic rings. The normalized spacial score (nSPS) is 31.4. The van der Waals surface area contributed by atoms with Crippen molar-refractivity contribution in [1.29, 1.82) is 0 Å². The number of urea groups is 1. The molecule has 2 fully saturated rings. The molecule has 0 aromatic rings. The first kappa shape index (κ1) is 11.1. The minimum atomic E-state index is -1.15. The van der Waals surface area contributed by atoms with Gasteiger partial charge >= 0.3 is 6.03 Å². The standard InChI is InChI=1S/C11H16N2O3/c1-10(2)5-6(10)13-8(15)11(3,4)7(14)12-9(13)16/h6H,5H2,1-4H3,(H,12,14,16). The number of rotatable bonds is 1. The van der Waals surface area contributed by atoms with Crippen molar-refractivity contribution in [3.05, 3.63) is 0 Å². The van der Waals surface area contributed by atoms with Gasteiger partial charge in [-0.1, -0.05) is 13.8 Å². The zero-order valence-corrected chi connectivity index (χ0v) is 9.96. The van der Waals surface area contributed by atoms with Gasteiger partial charge in [0.15, 0.2) is 0 Å². The lowest BCUT2D eigenvalue weighted by molar-refractivity contribution is -0.149. The Balaban J connectivity index is 2.30. The topological polar surface area (TPSA) is 66.5 Å². The van der Waals surface area contributed by atoms with Crippen LogP contribution >= 0.6 is 0 Å². The van der Waals surface area contributed by atoms with Crippen LogP contribution in [0.1, 0.15) is 34.1 Å². The van der Waals surface area contributed by atoms with E-state index in [2.05, 4.69) is 5.32 Å². The highest BCUT2D eigenvalue weighted by Crippen LogP contribution is 2.50. The second-order valence-electron chi connectivity index (χ2n) is 5.77. The van der Waals surface area contributed by atoms with Crippen LogP contribution < -0.4 is 5.32 Å². The van der Waals surface area contributed by atoms with E-state index >= 15 is 0 Å². The summed E-state index contributed by atoms with van der Waals surface area (Å²) in [5.41, 5.74) is -1.17. The van der Waals surface area contributed by atoms with Crippen LogP contribution in [0.5, 0.6) is 0 Å². The zero-order chi connectivity index (χ0) is 12.3. The highest BCUT2D eigenvalue weighted by atomic mass is 16.2. The maximum atomic E-state index is 12.1. The molecule has 1 aliphatic carbocycles. The Hall–Kier alpha value is -1.39. The summed E-state index contributed by atoms with van der Waals surface area (Å²) >= 11 is 0. The van der Waals surface area contributed by atoms with Gasteiger partial charge in [0.2, 0.25) is 11.8 Å². The van der Waals surface area contributed by atoms with Crippen molar-refractivity contribution in [1.82, 2.24) is 10.2 Å². The van der Waals surface area contributed by atoms with E-state index in [1.54, 1.807) is 13.8 Å². The van der Waals surface area contributed by atoms with Crippen molar-refractivity contribution >= 4 is 17.8 Å². The van der Waals surface area contributed by atoms with Gasteiger partial charge in [-0.3, -0.25) is 19.8 Å². The molecule has 0 radical (unpaired) electrons. The van der Waals surface area contributed by atoms with Gasteiger partial charge in [-0.15, -0.1) is 0 Å². The smallest absolute Gasteiger partial charge is 0.277 e. The number of nitrogens with zero attached hydrogens (tertiary/aromatic N) is 1. The molecule has 0 spiro atoms. The summed E-state index contributed by atoms with van der Waals surface area (Å²) in [6.45, 7) is 7.09. The molecule has 1 aliphatic heterocycles. The van der Waals surface area contributed by atoms with E-state index in [0.29, 0.717) is 0 Å². The first-order valence-corrected chi connectivity index (χ1v) is 5.37. The molecule has 1 N–H and O–H groups in total. The third-order valence-corrected chi connectivity index (χ3v) is 3.53. The Morgan fingerprint density at radius 2 is 1.69 bits per heavy atom. The summed E-state index contributed by atoms with van der Waals surface area (Å²) in [4.78, 5) is 36.4. The van der Waals surface area contributed by atoms with Crippen LogP contribution in [-0.2, 0) is 9.59 Å². The Labute approximate surface area is 94.2 Å². The summed E-state index contributed by atoms with van der Waals surface area (Å²) < 4.78 is 0. The zero-order valence-electron chi connectivity index (χ0n) is 9.96. The lowest BCUT2D eigenvalue weighted by Crippen LogP contribution is -2.62. The summed E-state index contributed by atoms with van der Waals surface area (Å²) in [5, 5.41) is 2.24. The molecule has 1 saturated heterocycles. The predicted molar refractivity (Wildman–Crippen MR) is 56.4 cm³/mol. The van der Waals surface area contributed by atoms with Gasteiger partial charge in [0.05, 0.1) is 0 Å². The molecule has 0 bridgehead atoms. The summed E-state index contributed by atoms with van der Waals surface area (Å²) in [6, 6.07) is -0.655. The minimum absolute atomic E-state index is 0.0243. The van der Waals surface area contributed by atoms with E-state index < -0.39 is 23.3 Å². The van der Waals surface area contributed by atoms with Crippen molar-refractivity contribution < 1.29 is 14.4 Å². The van der Waals surface area contributed by atoms with Gasteiger partial charge < -0.3 is 0 Å². The Kier molecular flexibility index (Phi) is 1.97. The Morgan fingerprint density at radius 1 is 1.19 bits per heavy atom. The first-order chi connectivity index (χ1) is 7.18. The number of nitrogens with one attached hydrogen (secondary N) is 1. The average molecular weight is 224 g/mol. The van der Waals surface area contributed by atoms with E-state index in [1.807, 2.05) is 13.8 Å². The maximum Gasteiger partial charge on any atom is 0.331 e. The van der Waals surface area contributed by atoms with Gasteiger partial charge in [0.1, 0.15) is 5.41 Å². The quantitative estimate of drug-likeness (QED) is 0.673. The van der Waals surface area contributed by atoms with Crippen molar-refractivity contribution in [2.75, 3.05) is 0 Å². The molecule has 5 nitrogen and oxygen atoms in total. The van der Waals surface area contributed by atoms with Crippen LogP contribution in [0.15, 0.2) is 0 Å². The first-order valence-electron chi connectivity index (χ1n) is 5.37. The fraction of sp³-hybridized carbons (Fsp3) is 0.727. The van der Waals surface area contributed by atoms with Gasteiger partial charge in [0.25, 0.3) is 0 Å².